The first kappa shape index (κ1) is 23.3. The fourth-order valence-electron chi connectivity index (χ4n) is 3.96. The van der Waals surface area contributed by atoms with Crippen molar-refractivity contribution in [1.82, 2.24) is 14.8 Å². The number of nitrogens with zero attached hydrogens (tertiary/aromatic N) is 3. The van der Waals surface area contributed by atoms with Gasteiger partial charge in [-0.05, 0) is 50.2 Å². The second-order valence-corrected chi connectivity index (χ2v) is 10.0. The minimum Gasteiger partial charge on any atom is -0.465 e. The Labute approximate surface area is 200 Å². The molecule has 2 heterocycles. The third kappa shape index (κ3) is 5.06. The Bertz CT molecular complexity index is 1140. The zero-order chi connectivity index (χ0) is 23.4. The highest BCUT2D eigenvalue weighted by Gasteiger charge is 2.29. The highest BCUT2D eigenvalue weighted by molar-refractivity contribution is 7.99. The van der Waals surface area contributed by atoms with Gasteiger partial charge >= 0.3 is 5.97 Å². The van der Waals surface area contributed by atoms with Crippen LogP contribution in [0.5, 0.6) is 0 Å². The fourth-order valence-corrected chi connectivity index (χ4v) is 6.25. The number of rotatable bonds is 8. The number of carbonyl (C=O) groups excluding carboxylic acids is 2. The number of benzene rings is 1. The van der Waals surface area contributed by atoms with Crippen molar-refractivity contribution in [2.45, 2.75) is 50.2 Å². The molecule has 0 fully saturated rings. The predicted molar refractivity (Wildman–Crippen MR) is 131 cm³/mol. The first-order valence-electron chi connectivity index (χ1n) is 10.9. The average molecular weight is 486 g/mol. The van der Waals surface area contributed by atoms with Crippen LogP contribution in [0.15, 0.2) is 35.5 Å². The van der Waals surface area contributed by atoms with E-state index >= 15 is 0 Å². The fraction of sp³-hybridized carbons (Fsp3) is 0.391. The summed E-state index contributed by atoms with van der Waals surface area (Å²) in [6, 6.07) is 9.52. The van der Waals surface area contributed by atoms with Gasteiger partial charge in [0.25, 0.3) is 0 Å². The van der Waals surface area contributed by atoms with E-state index in [9.17, 15) is 9.59 Å². The first-order valence-corrected chi connectivity index (χ1v) is 12.7. The molecule has 8 nitrogen and oxygen atoms in total. The summed E-state index contributed by atoms with van der Waals surface area (Å²) in [6.45, 7) is 1.75. The minimum absolute atomic E-state index is 0.179. The Morgan fingerprint density at radius 1 is 1.24 bits per heavy atom. The van der Waals surface area contributed by atoms with E-state index in [-0.39, 0.29) is 11.9 Å². The van der Waals surface area contributed by atoms with Crippen molar-refractivity contribution in [3.8, 4) is 0 Å². The first-order chi connectivity index (χ1) is 16.0. The number of carbonyl (C=O) groups is 2. The van der Waals surface area contributed by atoms with Gasteiger partial charge in [0.1, 0.15) is 11.0 Å². The number of thiophene rings is 1. The lowest BCUT2D eigenvalue weighted by Crippen LogP contribution is -2.26. The lowest BCUT2D eigenvalue weighted by molar-refractivity contribution is -0.118. The second kappa shape index (κ2) is 10.4. The number of hydrogen-bond donors (Lipinski definition) is 2. The maximum atomic E-state index is 13.2. The molecule has 2 aromatic heterocycles. The van der Waals surface area contributed by atoms with Crippen molar-refractivity contribution in [3.05, 3.63) is 51.9 Å². The summed E-state index contributed by atoms with van der Waals surface area (Å²) in [5.74, 6) is 0.257. The van der Waals surface area contributed by atoms with Crippen LogP contribution >= 0.6 is 23.1 Å². The van der Waals surface area contributed by atoms with E-state index in [0.717, 1.165) is 48.3 Å². The molecule has 0 spiro atoms. The van der Waals surface area contributed by atoms with Crippen LogP contribution in [0, 0.1) is 0 Å². The molecule has 1 atom stereocenters. The number of aryl methyl sites for hydroxylation is 2. The van der Waals surface area contributed by atoms with Gasteiger partial charge in [0.2, 0.25) is 11.9 Å². The average Bonchev–Trinajstić information content (AvgIpc) is 3.38. The lowest BCUT2D eigenvalue weighted by Gasteiger charge is -2.16. The zero-order valence-corrected chi connectivity index (χ0v) is 20.3. The number of nitrogens with one attached hydrogen (secondary N) is 1. The number of thioether (sulfide) groups is 1. The number of esters is 1. The summed E-state index contributed by atoms with van der Waals surface area (Å²) in [4.78, 5) is 26.8. The zero-order valence-electron chi connectivity index (χ0n) is 18.7. The van der Waals surface area contributed by atoms with Crippen LogP contribution in [0.25, 0.3) is 0 Å². The Kier molecular flexibility index (Phi) is 7.34. The van der Waals surface area contributed by atoms with Crippen molar-refractivity contribution in [3.63, 3.8) is 0 Å². The predicted octanol–water partition coefficient (Wildman–Crippen LogP) is 4.12. The number of fused-ring (bicyclic) bond motifs is 1. The summed E-state index contributed by atoms with van der Waals surface area (Å²) in [5, 5.41) is 12.2. The largest absolute Gasteiger partial charge is 0.465 e. The van der Waals surface area contributed by atoms with Crippen LogP contribution in [-0.4, -0.2) is 39.5 Å². The maximum Gasteiger partial charge on any atom is 0.341 e. The third-order valence-corrected chi connectivity index (χ3v) is 7.87. The molecule has 1 unspecified atom stereocenters. The maximum absolute atomic E-state index is 13.2. The Morgan fingerprint density at radius 3 is 2.76 bits per heavy atom. The number of nitrogen functional groups attached to an aromatic ring is 1. The molecule has 0 aliphatic heterocycles. The molecule has 1 aliphatic rings. The van der Waals surface area contributed by atoms with E-state index in [2.05, 4.69) is 27.6 Å². The second-order valence-electron chi connectivity index (χ2n) is 7.87. The number of ether oxygens (including phenoxy) is 1. The third-order valence-electron chi connectivity index (χ3n) is 5.72. The molecule has 174 valence electrons. The Balaban J connectivity index is 1.49. The van der Waals surface area contributed by atoms with Crippen molar-refractivity contribution >= 4 is 45.9 Å². The van der Waals surface area contributed by atoms with E-state index in [1.54, 1.807) is 11.5 Å². The SMILES string of the molecule is COC(=O)c1c(NC(=O)C(C)n2c(N)nnc2SCCc2ccccc2)sc2c1CCCC2. The molecule has 0 saturated heterocycles. The quantitative estimate of drug-likeness (QED) is 0.364. The summed E-state index contributed by atoms with van der Waals surface area (Å²) in [6.07, 6.45) is 4.71. The van der Waals surface area contributed by atoms with Crippen LogP contribution in [0.1, 0.15) is 52.2 Å². The molecule has 0 radical (unpaired) electrons. The van der Waals surface area contributed by atoms with Crippen molar-refractivity contribution in [2.75, 3.05) is 23.9 Å². The molecule has 33 heavy (non-hydrogen) atoms. The van der Waals surface area contributed by atoms with E-state index in [4.69, 9.17) is 10.5 Å². The van der Waals surface area contributed by atoms with Gasteiger partial charge in [-0.3, -0.25) is 9.36 Å². The van der Waals surface area contributed by atoms with Crippen molar-refractivity contribution in [2.24, 2.45) is 0 Å². The normalized spacial score (nSPS) is 13.9. The van der Waals surface area contributed by atoms with Gasteiger partial charge in [0.15, 0.2) is 5.16 Å². The molecule has 1 aliphatic carbocycles. The van der Waals surface area contributed by atoms with Gasteiger partial charge in [-0.25, -0.2) is 4.79 Å². The van der Waals surface area contributed by atoms with Crippen LogP contribution < -0.4 is 11.1 Å². The number of hydrogen-bond acceptors (Lipinski definition) is 8. The molecular formula is C23H27N5O3S2. The molecule has 1 amide bonds. The van der Waals surface area contributed by atoms with E-state index in [1.165, 1.54) is 35.8 Å². The van der Waals surface area contributed by atoms with Crippen molar-refractivity contribution < 1.29 is 14.3 Å². The van der Waals surface area contributed by atoms with Crippen LogP contribution in [0.2, 0.25) is 0 Å². The molecule has 0 saturated carbocycles. The molecule has 3 aromatic rings. The molecule has 1 aromatic carbocycles. The Hall–Kier alpha value is -2.85. The smallest absolute Gasteiger partial charge is 0.341 e. The van der Waals surface area contributed by atoms with E-state index in [0.29, 0.717) is 15.7 Å². The number of aromatic nitrogens is 3. The molecular weight excluding hydrogens is 458 g/mol. The van der Waals surface area contributed by atoms with Gasteiger partial charge in [-0.15, -0.1) is 21.5 Å². The molecule has 4 rings (SSSR count). The molecule has 10 heteroatoms. The minimum atomic E-state index is -0.649. The highest BCUT2D eigenvalue weighted by atomic mass is 32.2. The standard InChI is InChI=1S/C23H27N5O3S2/c1-14(28-22(24)26-27-23(28)32-13-12-15-8-4-3-5-9-15)19(29)25-20-18(21(30)31-2)16-10-6-7-11-17(16)33-20/h3-5,8-9,14H,6-7,10-13H2,1-2H3,(H2,24,26)(H,25,29). The molecule has 3 N–H and O–H groups in total. The number of anilines is 2. The number of methoxy groups -OCH3 is 1. The monoisotopic (exact) mass is 485 g/mol. The van der Waals surface area contributed by atoms with Gasteiger partial charge < -0.3 is 15.8 Å². The molecule has 0 bridgehead atoms. The lowest BCUT2D eigenvalue weighted by atomic mass is 9.95. The van der Waals surface area contributed by atoms with Crippen LogP contribution in [0.3, 0.4) is 0 Å². The van der Waals surface area contributed by atoms with Gasteiger partial charge in [-0.1, -0.05) is 42.1 Å². The van der Waals surface area contributed by atoms with E-state index in [1.807, 2.05) is 18.2 Å². The van der Waals surface area contributed by atoms with E-state index < -0.39 is 12.0 Å². The Morgan fingerprint density at radius 2 is 2.00 bits per heavy atom. The van der Waals surface area contributed by atoms with Crippen LogP contribution in [-0.2, 0) is 28.8 Å². The topological polar surface area (TPSA) is 112 Å². The van der Waals surface area contributed by atoms with Gasteiger partial charge in [0.05, 0.1) is 12.7 Å². The number of nitrogens with two attached hydrogens (primary N) is 1. The van der Waals surface area contributed by atoms with Gasteiger partial charge in [0, 0.05) is 10.6 Å². The summed E-state index contributed by atoms with van der Waals surface area (Å²) in [5.41, 5.74) is 8.77. The number of amides is 1. The van der Waals surface area contributed by atoms with Gasteiger partial charge in [-0.2, -0.15) is 0 Å². The summed E-state index contributed by atoms with van der Waals surface area (Å²) < 4.78 is 6.64. The van der Waals surface area contributed by atoms with Crippen molar-refractivity contribution in [1.29, 1.82) is 0 Å². The summed E-state index contributed by atoms with van der Waals surface area (Å²) in [7, 11) is 1.36. The van der Waals surface area contributed by atoms with Crippen LogP contribution in [0.4, 0.5) is 10.9 Å². The highest BCUT2D eigenvalue weighted by Crippen LogP contribution is 2.39. The summed E-state index contributed by atoms with van der Waals surface area (Å²) >= 11 is 2.97.